The maximum absolute atomic E-state index is 13.6. The van der Waals surface area contributed by atoms with Crippen molar-refractivity contribution in [3.8, 4) is 5.75 Å². The van der Waals surface area contributed by atoms with Gasteiger partial charge in [-0.15, -0.1) is 0 Å². The van der Waals surface area contributed by atoms with E-state index < -0.39 is 0 Å². The standard InChI is InChI=1S/C19H20FNO3/c1-23-19(22)14-6-8-15(9-7-14)21-12-10-16(11-13-21)24-18-5-3-2-4-17(18)20/h2-9,16H,10-13H2,1H3. The number of benzene rings is 2. The lowest BCUT2D eigenvalue weighted by atomic mass is 10.1. The van der Waals surface area contributed by atoms with Crippen LogP contribution in [0.4, 0.5) is 10.1 Å². The Bertz CT molecular complexity index is 694. The molecule has 0 bridgehead atoms. The van der Waals surface area contributed by atoms with E-state index in [1.807, 2.05) is 12.1 Å². The molecule has 2 aromatic rings. The van der Waals surface area contributed by atoms with Crippen LogP contribution in [0.15, 0.2) is 48.5 Å². The average molecular weight is 329 g/mol. The number of rotatable bonds is 4. The van der Waals surface area contributed by atoms with E-state index in [1.165, 1.54) is 13.2 Å². The van der Waals surface area contributed by atoms with Crippen molar-refractivity contribution in [2.24, 2.45) is 0 Å². The lowest BCUT2D eigenvalue weighted by Crippen LogP contribution is -2.38. The highest BCUT2D eigenvalue weighted by atomic mass is 19.1. The van der Waals surface area contributed by atoms with Gasteiger partial charge in [-0.3, -0.25) is 0 Å². The topological polar surface area (TPSA) is 38.8 Å². The van der Waals surface area contributed by atoms with Gasteiger partial charge < -0.3 is 14.4 Å². The van der Waals surface area contributed by atoms with Gasteiger partial charge in [0, 0.05) is 31.6 Å². The van der Waals surface area contributed by atoms with Crippen molar-refractivity contribution in [3.05, 3.63) is 59.9 Å². The number of para-hydroxylation sites is 1. The van der Waals surface area contributed by atoms with Gasteiger partial charge in [-0.2, -0.15) is 0 Å². The van der Waals surface area contributed by atoms with E-state index in [9.17, 15) is 9.18 Å². The fourth-order valence-corrected chi connectivity index (χ4v) is 2.88. The van der Waals surface area contributed by atoms with Crippen LogP contribution in [-0.4, -0.2) is 32.3 Å². The molecule has 126 valence electrons. The number of methoxy groups -OCH3 is 1. The summed E-state index contributed by atoms with van der Waals surface area (Å²) in [5.41, 5.74) is 1.60. The Morgan fingerprint density at radius 2 is 1.75 bits per heavy atom. The summed E-state index contributed by atoms with van der Waals surface area (Å²) in [6.07, 6.45) is 1.67. The van der Waals surface area contributed by atoms with Crippen molar-refractivity contribution in [1.29, 1.82) is 0 Å². The average Bonchev–Trinajstić information content (AvgIpc) is 2.64. The predicted octanol–water partition coefficient (Wildman–Crippen LogP) is 3.66. The van der Waals surface area contributed by atoms with Crippen molar-refractivity contribution < 1.29 is 18.7 Å². The normalized spacial score (nSPS) is 15.2. The van der Waals surface area contributed by atoms with Gasteiger partial charge in [0.25, 0.3) is 0 Å². The van der Waals surface area contributed by atoms with Crippen molar-refractivity contribution in [2.75, 3.05) is 25.1 Å². The van der Waals surface area contributed by atoms with Gasteiger partial charge in [0.15, 0.2) is 11.6 Å². The number of hydrogen-bond donors (Lipinski definition) is 0. The highest BCUT2D eigenvalue weighted by molar-refractivity contribution is 5.89. The number of anilines is 1. The summed E-state index contributed by atoms with van der Waals surface area (Å²) in [7, 11) is 1.37. The molecule has 0 spiro atoms. The van der Waals surface area contributed by atoms with Gasteiger partial charge in [-0.25, -0.2) is 9.18 Å². The van der Waals surface area contributed by atoms with Gasteiger partial charge in [0.2, 0.25) is 0 Å². The maximum Gasteiger partial charge on any atom is 0.337 e. The molecular formula is C19H20FNO3. The Kier molecular flexibility index (Phi) is 4.99. The number of halogens is 1. The highest BCUT2D eigenvalue weighted by Gasteiger charge is 2.21. The Morgan fingerprint density at radius 1 is 1.08 bits per heavy atom. The molecule has 5 heteroatoms. The number of carbonyl (C=O) groups excluding carboxylic acids is 1. The number of nitrogens with zero attached hydrogens (tertiary/aromatic N) is 1. The first-order valence-electron chi connectivity index (χ1n) is 8.02. The van der Waals surface area contributed by atoms with E-state index in [0.29, 0.717) is 11.3 Å². The maximum atomic E-state index is 13.6. The van der Waals surface area contributed by atoms with Crippen LogP contribution in [0.2, 0.25) is 0 Å². The van der Waals surface area contributed by atoms with Crippen molar-refractivity contribution in [1.82, 2.24) is 0 Å². The summed E-state index contributed by atoms with van der Waals surface area (Å²) in [5, 5.41) is 0. The van der Waals surface area contributed by atoms with Crippen LogP contribution in [-0.2, 0) is 4.74 Å². The second kappa shape index (κ2) is 7.34. The minimum absolute atomic E-state index is 0.0208. The zero-order valence-electron chi connectivity index (χ0n) is 13.6. The molecule has 1 saturated heterocycles. The molecule has 0 N–H and O–H groups in total. The zero-order valence-corrected chi connectivity index (χ0v) is 13.6. The van der Waals surface area contributed by atoms with Crippen LogP contribution in [0.1, 0.15) is 23.2 Å². The number of esters is 1. The smallest absolute Gasteiger partial charge is 0.337 e. The Balaban J connectivity index is 1.57. The molecule has 0 saturated carbocycles. The van der Waals surface area contributed by atoms with Crippen molar-refractivity contribution >= 4 is 11.7 Å². The molecule has 0 atom stereocenters. The molecule has 3 rings (SSSR count). The third kappa shape index (κ3) is 3.67. The molecule has 0 radical (unpaired) electrons. The van der Waals surface area contributed by atoms with E-state index in [0.717, 1.165) is 31.6 Å². The largest absolute Gasteiger partial charge is 0.487 e. The van der Waals surface area contributed by atoms with Crippen molar-refractivity contribution in [3.63, 3.8) is 0 Å². The van der Waals surface area contributed by atoms with E-state index in [2.05, 4.69) is 4.90 Å². The molecule has 1 aliphatic rings. The van der Waals surface area contributed by atoms with Crippen molar-refractivity contribution in [2.45, 2.75) is 18.9 Å². The number of hydrogen-bond acceptors (Lipinski definition) is 4. The molecule has 1 aliphatic heterocycles. The van der Waals surface area contributed by atoms with Crippen LogP contribution in [0, 0.1) is 5.82 Å². The summed E-state index contributed by atoms with van der Waals surface area (Å²) in [6.45, 7) is 1.66. The second-order valence-electron chi connectivity index (χ2n) is 5.77. The predicted molar refractivity (Wildman–Crippen MR) is 90.0 cm³/mol. The van der Waals surface area contributed by atoms with Gasteiger partial charge in [-0.1, -0.05) is 12.1 Å². The zero-order chi connectivity index (χ0) is 16.9. The third-order valence-corrected chi connectivity index (χ3v) is 4.23. The Morgan fingerprint density at radius 3 is 2.38 bits per heavy atom. The summed E-state index contributed by atoms with van der Waals surface area (Å²) in [4.78, 5) is 13.7. The van der Waals surface area contributed by atoms with Crippen LogP contribution in [0.3, 0.4) is 0 Å². The molecule has 1 heterocycles. The van der Waals surface area contributed by atoms with Gasteiger partial charge in [-0.05, 0) is 36.4 Å². The molecule has 0 amide bonds. The fraction of sp³-hybridized carbons (Fsp3) is 0.316. The first-order chi connectivity index (χ1) is 11.7. The van der Waals surface area contributed by atoms with Crippen LogP contribution in [0.25, 0.3) is 0 Å². The minimum atomic E-state index is -0.335. The summed E-state index contributed by atoms with van der Waals surface area (Å²) in [6, 6.07) is 13.9. The lowest BCUT2D eigenvalue weighted by Gasteiger charge is -2.33. The Hall–Kier alpha value is -2.56. The highest BCUT2D eigenvalue weighted by Crippen LogP contribution is 2.25. The van der Waals surface area contributed by atoms with Crippen LogP contribution in [0.5, 0.6) is 5.75 Å². The van der Waals surface area contributed by atoms with Gasteiger partial charge in [0.05, 0.1) is 12.7 Å². The van der Waals surface area contributed by atoms with Gasteiger partial charge >= 0.3 is 5.97 Å². The van der Waals surface area contributed by atoms with E-state index in [1.54, 1.807) is 30.3 Å². The fourth-order valence-electron chi connectivity index (χ4n) is 2.88. The molecule has 1 fully saturated rings. The first kappa shape index (κ1) is 16.3. The van der Waals surface area contributed by atoms with E-state index >= 15 is 0 Å². The molecule has 0 unspecified atom stereocenters. The number of carbonyl (C=O) groups is 1. The van der Waals surface area contributed by atoms with E-state index in [4.69, 9.17) is 9.47 Å². The summed E-state index contributed by atoms with van der Waals surface area (Å²) >= 11 is 0. The quantitative estimate of drug-likeness (QED) is 0.803. The van der Waals surface area contributed by atoms with Crippen LogP contribution >= 0.6 is 0 Å². The molecular weight excluding hydrogens is 309 g/mol. The molecule has 0 aliphatic carbocycles. The number of piperidine rings is 1. The minimum Gasteiger partial charge on any atom is -0.487 e. The van der Waals surface area contributed by atoms with E-state index in [-0.39, 0.29) is 17.9 Å². The Labute approximate surface area is 140 Å². The molecule has 0 aromatic heterocycles. The second-order valence-corrected chi connectivity index (χ2v) is 5.77. The molecule has 2 aromatic carbocycles. The first-order valence-corrected chi connectivity index (χ1v) is 8.02. The molecule has 4 nitrogen and oxygen atoms in total. The molecule has 24 heavy (non-hydrogen) atoms. The monoisotopic (exact) mass is 329 g/mol. The lowest BCUT2D eigenvalue weighted by molar-refractivity contribution is 0.0601. The third-order valence-electron chi connectivity index (χ3n) is 4.23. The van der Waals surface area contributed by atoms with Gasteiger partial charge in [0.1, 0.15) is 6.10 Å². The SMILES string of the molecule is COC(=O)c1ccc(N2CCC(Oc3ccccc3F)CC2)cc1. The summed E-state index contributed by atoms with van der Waals surface area (Å²) < 4.78 is 24.1. The summed E-state index contributed by atoms with van der Waals surface area (Å²) in [5.74, 6) is -0.338. The van der Waals surface area contributed by atoms with Crippen LogP contribution < -0.4 is 9.64 Å². The number of ether oxygens (including phenoxy) is 2.